The third-order valence-electron chi connectivity index (χ3n) is 4.01. The summed E-state index contributed by atoms with van der Waals surface area (Å²) in [5.41, 5.74) is 1.46. The summed E-state index contributed by atoms with van der Waals surface area (Å²) in [6.45, 7) is 0. The van der Waals surface area contributed by atoms with Crippen LogP contribution in [0.15, 0.2) is 53.6 Å². The number of carbonyl (C=O) groups is 1. The maximum Gasteiger partial charge on any atom is 0.307 e. The summed E-state index contributed by atoms with van der Waals surface area (Å²) in [6, 6.07) is 11.1. The van der Waals surface area contributed by atoms with E-state index in [-0.39, 0.29) is 22.8 Å². The van der Waals surface area contributed by atoms with Crippen LogP contribution in [-0.2, 0) is 21.2 Å². The summed E-state index contributed by atoms with van der Waals surface area (Å²) in [7, 11) is -1.16. The van der Waals surface area contributed by atoms with Crippen LogP contribution in [0.25, 0.3) is 10.9 Å². The SMILES string of the molecule is COc1ccc(OC)c(S(=O)(=O)Nc2cnc3ccc(CC(=O)O)cc3c2)c1. The largest absolute Gasteiger partial charge is 0.497 e. The first-order valence-corrected chi connectivity index (χ1v) is 9.66. The van der Waals surface area contributed by atoms with E-state index in [4.69, 9.17) is 14.6 Å². The quantitative estimate of drug-likeness (QED) is 0.624. The van der Waals surface area contributed by atoms with Crippen molar-refractivity contribution in [2.45, 2.75) is 11.3 Å². The number of fused-ring (bicyclic) bond motifs is 1. The number of sulfonamides is 1. The van der Waals surface area contributed by atoms with Crippen LogP contribution >= 0.6 is 0 Å². The smallest absolute Gasteiger partial charge is 0.307 e. The molecule has 0 aliphatic rings. The molecule has 1 heterocycles. The van der Waals surface area contributed by atoms with Gasteiger partial charge in [0.05, 0.1) is 38.0 Å². The van der Waals surface area contributed by atoms with Gasteiger partial charge in [-0.15, -0.1) is 0 Å². The molecule has 2 N–H and O–H groups in total. The summed E-state index contributed by atoms with van der Waals surface area (Å²) in [5, 5.41) is 9.56. The number of hydrogen-bond acceptors (Lipinski definition) is 6. The molecule has 0 unspecified atom stereocenters. The molecule has 9 heteroatoms. The van der Waals surface area contributed by atoms with Crippen LogP contribution in [-0.4, -0.2) is 38.7 Å². The minimum atomic E-state index is -3.98. The standard InChI is InChI=1S/C19H18N2O6S/c1-26-15-4-6-17(27-2)18(10-15)28(24,25)21-14-9-13-7-12(8-19(22)23)3-5-16(13)20-11-14/h3-7,9-11,21H,8H2,1-2H3,(H,22,23). The number of nitrogens with one attached hydrogen (secondary N) is 1. The van der Waals surface area contributed by atoms with E-state index in [0.29, 0.717) is 22.2 Å². The van der Waals surface area contributed by atoms with Crippen LogP contribution in [0.2, 0.25) is 0 Å². The molecule has 28 heavy (non-hydrogen) atoms. The zero-order chi connectivity index (χ0) is 20.3. The predicted octanol–water partition coefficient (Wildman–Crippen LogP) is 2.68. The highest BCUT2D eigenvalue weighted by Gasteiger charge is 2.21. The topological polar surface area (TPSA) is 115 Å². The van der Waals surface area contributed by atoms with Gasteiger partial charge in [0.2, 0.25) is 0 Å². The van der Waals surface area contributed by atoms with Gasteiger partial charge in [-0.25, -0.2) is 8.42 Å². The summed E-state index contributed by atoms with van der Waals surface area (Å²) < 4.78 is 38.4. The first kappa shape index (κ1) is 19.4. The van der Waals surface area contributed by atoms with E-state index in [9.17, 15) is 13.2 Å². The van der Waals surface area contributed by atoms with Crippen molar-refractivity contribution in [2.75, 3.05) is 18.9 Å². The van der Waals surface area contributed by atoms with Crippen LogP contribution in [0.4, 0.5) is 5.69 Å². The average molecular weight is 402 g/mol. The fourth-order valence-electron chi connectivity index (χ4n) is 2.73. The highest BCUT2D eigenvalue weighted by Crippen LogP contribution is 2.30. The van der Waals surface area contributed by atoms with Crippen molar-refractivity contribution in [3.05, 3.63) is 54.2 Å². The Hall–Kier alpha value is -3.33. The lowest BCUT2D eigenvalue weighted by atomic mass is 10.1. The van der Waals surface area contributed by atoms with E-state index in [1.165, 1.54) is 32.5 Å². The van der Waals surface area contributed by atoms with Crippen LogP contribution in [0.5, 0.6) is 11.5 Å². The molecule has 0 atom stereocenters. The zero-order valence-corrected chi connectivity index (χ0v) is 16.0. The van der Waals surface area contributed by atoms with Gasteiger partial charge in [-0.2, -0.15) is 0 Å². The first-order chi connectivity index (χ1) is 13.3. The Bertz CT molecular complexity index is 1140. The molecule has 0 saturated heterocycles. The number of carboxylic acid groups (broad SMARTS) is 1. The molecular formula is C19H18N2O6S. The molecule has 0 radical (unpaired) electrons. The lowest BCUT2D eigenvalue weighted by Gasteiger charge is -2.13. The minimum Gasteiger partial charge on any atom is -0.497 e. The monoisotopic (exact) mass is 402 g/mol. The zero-order valence-electron chi connectivity index (χ0n) is 15.2. The van der Waals surface area contributed by atoms with Gasteiger partial charge < -0.3 is 14.6 Å². The Morgan fingerprint density at radius 3 is 2.57 bits per heavy atom. The molecule has 0 aliphatic carbocycles. The molecule has 2 aromatic carbocycles. The molecule has 0 bridgehead atoms. The van der Waals surface area contributed by atoms with Crippen molar-refractivity contribution in [1.29, 1.82) is 0 Å². The Balaban J connectivity index is 1.98. The molecule has 3 rings (SSSR count). The normalized spacial score (nSPS) is 11.2. The molecular weight excluding hydrogens is 384 g/mol. The highest BCUT2D eigenvalue weighted by molar-refractivity contribution is 7.92. The number of aromatic nitrogens is 1. The molecule has 3 aromatic rings. The Morgan fingerprint density at radius 2 is 1.89 bits per heavy atom. The number of rotatable bonds is 7. The number of anilines is 1. The van der Waals surface area contributed by atoms with E-state index in [1.54, 1.807) is 30.3 Å². The van der Waals surface area contributed by atoms with Crippen LogP contribution < -0.4 is 14.2 Å². The molecule has 0 amide bonds. The first-order valence-electron chi connectivity index (χ1n) is 8.18. The van der Waals surface area contributed by atoms with Crippen molar-refractivity contribution in [3.8, 4) is 11.5 Å². The van der Waals surface area contributed by atoms with E-state index < -0.39 is 16.0 Å². The van der Waals surface area contributed by atoms with Gasteiger partial charge in [0.15, 0.2) is 0 Å². The van der Waals surface area contributed by atoms with Crippen LogP contribution in [0.1, 0.15) is 5.56 Å². The molecule has 0 saturated carbocycles. The van der Waals surface area contributed by atoms with Gasteiger partial charge in [-0.3, -0.25) is 14.5 Å². The lowest BCUT2D eigenvalue weighted by molar-refractivity contribution is -0.136. The predicted molar refractivity (Wildman–Crippen MR) is 103 cm³/mol. The number of hydrogen-bond donors (Lipinski definition) is 2. The number of methoxy groups -OCH3 is 2. The molecule has 146 valence electrons. The molecule has 0 spiro atoms. The minimum absolute atomic E-state index is 0.0749. The van der Waals surface area contributed by atoms with Gasteiger partial charge in [0, 0.05) is 11.5 Å². The number of pyridine rings is 1. The summed E-state index contributed by atoms with van der Waals surface area (Å²) in [5.74, 6) is -0.406. The second kappa shape index (κ2) is 7.73. The van der Waals surface area contributed by atoms with Gasteiger partial charge in [-0.1, -0.05) is 6.07 Å². The molecule has 8 nitrogen and oxygen atoms in total. The third-order valence-corrected chi connectivity index (χ3v) is 5.42. The van der Waals surface area contributed by atoms with E-state index in [1.807, 2.05) is 0 Å². The molecule has 0 aliphatic heterocycles. The highest BCUT2D eigenvalue weighted by atomic mass is 32.2. The second-order valence-corrected chi connectivity index (χ2v) is 7.59. The number of ether oxygens (including phenoxy) is 2. The van der Waals surface area contributed by atoms with Gasteiger partial charge in [0.1, 0.15) is 16.4 Å². The van der Waals surface area contributed by atoms with Crippen molar-refractivity contribution >= 4 is 32.6 Å². The van der Waals surface area contributed by atoms with Crippen molar-refractivity contribution < 1.29 is 27.8 Å². The van der Waals surface area contributed by atoms with Gasteiger partial charge in [0.25, 0.3) is 10.0 Å². The lowest BCUT2D eigenvalue weighted by Crippen LogP contribution is -2.14. The number of nitrogens with zero attached hydrogens (tertiary/aromatic N) is 1. The fourth-order valence-corrected chi connectivity index (χ4v) is 3.95. The maximum atomic E-state index is 12.8. The maximum absolute atomic E-state index is 12.8. The van der Waals surface area contributed by atoms with Gasteiger partial charge >= 0.3 is 5.97 Å². The Labute approximate surface area is 161 Å². The number of carboxylic acids is 1. The summed E-state index contributed by atoms with van der Waals surface area (Å²) in [6.07, 6.45) is 1.26. The van der Waals surface area contributed by atoms with Crippen LogP contribution in [0.3, 0.4) is 0 Å². The average Bonchev–Trinajstić information content (AvgIpc) is 2.66. The fraction of sp³-hybridized carbons (Fsp3) is 0.158. The van der Waals surface area contributed by atoms with Crippen molar-refractivity contribution in [3.63, 3.8) is 0 Å². The number of aliphatic carboxylic acids is 1. The van der Waals surface area contributed by atoms with E-state index in [0.717, 1.165) is 0 Å². The molecule has 0 fully saturated rings. The van der Waals surface area contributed by atoms with Crippen LogP contribution in [0, 0.1) is 0 Å². The summed E-state index contributed by atoms with van der Waals surface area (Å²) >= 11 is 0. The van der Waals surface area contributed by atoms with Crippen molar-refractivity contribution in [2.24, 2.45) is 0 Å². The van der Waals surface area contributed by atoms with Crippen molar-refractivity contribution in [1.82, 2.24) is 4.98 Å². The second-order valence-electron chi connectivity index (χ2n) is 5.94. The Morgan fingerprint density at radius 1 is 1.11 bits per heavy atom. The third kappa shape index (κ3) is 4.15. The van der Waals surface area contributed by atoms with E-state index in [2.05, 4.69) is 9.71 Å². The summed E-state index contributed by atoms with van der Waals surface area (Å²) in [4.78, 5) is 15.0. The number of benzene rings is 2. The molecule has 1 aromatic heterocycles. The van der Waals surface area contributed by atoms with E-state index >= 15 is 0 Å². The Kier molecular flexibility index (Phi) is 5.36. The van der Waals surface area contributed by atoms with Gasteiger partial charge in [-0.05, 0) is 35.9 Å².